The number of carbonyl (C=O) groups is 2. The first-order valence-electron chi connectivity index (χ1n) is 15.8. The number of carbonyl (C=O) groups excluding carboxylic acids is 1. The van der Waals surface area contributed by atoms with E-state index >= 15 is 0 Å². The minimum absolute atomic E-state index is 0.0166. The highest BCUT2D eigenvalue weighted by Crippen LogP contribution is 2.50. The van der Waals surface area contributed by atoms with Gasteiger partial charge in [-0.15, -0.1) is 0 Å². The first-order chi connectivity index (χ1) is 22.6. The number of nitriles is 1. The average molecular weight is 625 g/mol. The first-order valence-corrected chi connectivity index (χ1v) is 15.8. The Kier molecular flexibility index (Phi) is 8.29. The predicted octanol–water partition coefficient (Wildman–Crippen LogP) is 7.68. The van der Waals surface area contributed by atoms with Gasteiger partial charge in [0.25, 0.3) is 6.47 Å². The van der Waals surface area contributed by atoms with Crippen LogP contribution in [0, 0.1) is 11.3 Å². The van der Waals surface area contributed by atoms with Gasteiger partial charge in [0, 0.05) is 28.4 Å². The van der Waals surface area contributed by atoms with Crippen molar-refractivity contribution >= 4 is 51.1 Å². The van der Waals surface area contributed by atoms with Crippen LogP contribution in [0.1, 0.15) is 50.8 Å². The molecule has 0 saturated heterocycles. The molecular weight excluding hydrogens is 586 g/mol. The molecule has 7 heteroatoms. The van der Waals surface area contributed by atoms with Gasteiger partial charge in [-0.3, -0.25) is 9.59 Å². The minimum atomic E-state index is -0.832. The largest absolute Gasteiger partial charge is 0.481 e. The summed E-state index contributed by atoms with van der Waals surface area (Å²) in [5.41, 5.74) is 6.23. The molecule has 4 aromatic rings. The summed E-state index contributed by atoms with van der Waals surface area (Å²) >= 11 is 0. The predicted molar refractivity (Wildman–Crippen MR) is 186 cm³/mol. The fraction of sp³-hybridized carbons (Fsp3) is 0.250. The Bertz CT molecular complexity index is 2090. The Morgan fingerprint density at radius 2 is 1.62 bits per heavy atom. The van der Waals surface area contributed by atoms with Crippen LogP contribution in [0.15, 0.2) is 103 Å². The average Bonchev–Trinajstić information content (AvgIpc) is 3.42. The van der Waals surface area contributed by atoms with Crippen molar-refractivity contribution < 1.29 is 24.0 Å². The lowest BCUT2D eigenvalue weighted by molar-refractivity contribution is -0.435. The molecule has 0 spiro atoms. The molecule has 6 rings (SSSR count). The summed E-state index contributed by atoms with van der Waals surface area (Å²) in [6.07, 6.45) is 10.2. The molecule has 0 aromatic heterocycles. The monoisotopic (exact) mass is 624 g/mol. The summed E-state index contributed by atoms with van der Waals surface area (Å²) in [6, 6.07) is 24.8. The number of carboxylic acids is 1. The van der Waals surface area contributed by atoms with E-state index in [-0.39, 0.29) is 23.9 Å². The Morgan fingerprint density at radius 1 is 0.936 bits per heavy atom. The van der Waals surface area contributed by atoms with Crippen molar-refractivity contribution in [2.24, 2.45) is 0 Å². The van der Waals surface area contributed by atoms with Crippen LogP contribution in [0.4, 0.5) is 11.4 Å². The van der Waals surface area contributed by atoms with E-state index in [1.165, 1.54) is 16.3 Å². The van der Waals surface area contributed by atoms with E-state index in [1.807, 2.05) is 42.5 Å². The highest BCUT2D eigenvalue weighted by molar-refractivity contribution is 6.18. The van der Waals surface area contributed by atoms with Gasteiger partial charge in [-0.25, -0.2) is 0 Å². The lowest BCUT2D eigenvalue weighted by Crippen LogP contribution is -2.29. The van der Waals surface area contributed by atoms with Crippen molar-refractivity contribution in [2.45, 2.75) is 44.9 Å². The summed E-state index contributed by atoms with van der Waals surface area (Å²) < 4.78 is 7.23. The van der Waals surface area contributed by atoms with Crippen LogP contribution >= 0.6 is 0 Å². The number of benzene rings is 4. The van der Waals surface area contributed by atoms with Gasteiger partial charge < -0.3 is 14.7 Å². The van der Waals surface area contributed by atoms with E-state index in [9.17, 15) is 20.0 Å². The molecule has 7 nitrogen and oxygen atoms in total. The lowest BCUT2D eigenvalue weighted by atomic mass is 9.78. The van der Waals surface area contributed by atoms with Gasteiger partial charge in [0.1, 0.15) is 13.0 Å². The number of anilines is 1. The minimum Gasteiger partial charge on any atom is -0.481 e. The Morgan fingerprint density at radius 3 is 2.30 bits per heavy atom. The zero-order valence-electron chi connectivity index (χ0n) is 27.2. The van der Waals surface area contributed by atoms with E-state index in [1.54, 1.807) is 0 Å². The molecule has 236 valence electrons. The van der Waals surface area contributed by atoms with Crippen molar-refractivity contribution in [2.75, 3.05) is 24.6 Å². The maximum Gasteiger partial charge on any atom is 0.309 e. The molecule has 2 aliphatic rings. The number of nitrogens with zero attached hydrogens (tertiary/aromatic N) is 3. The standard InChI is InChI=1S/C40H37N3O4/c1-39(2)32-24-27(25-41)18-19-33(32)42(22-23-47-26-44)34(39)16-6-5-7-17-35-40(3,4)37-30-14-10-8-12-28(30)29-13-9-11-15-31(29)38(37)43(35)21-20-36(45)46/h5-19,24,26H,20-23H2,1-4H3/p+1. The van der Waals surface area contributed by atoms with Crippen LogP contribution in [0.25, 0.3) is 21.5 Å². The second-order valence-corrected chi connectivity index (χ2v) is 13.0. The van der Waals surface area contributed by atoms with Gasteiger partial charge >= 0.3 is 5.97 Å². The summed E-state index contributed by atoms with van der Waals surface area (Å²) in [5.74, 6) is -0.832. The Balaban J connectivity index is 1.41. The zero-order chi connectivity index (χ0) is 33.3. The van der Waals surface area contributed by atoms with E-state index < -0.39 is 5.97 Å². The number of hydrogen-bond acceptors (Lipinski definition) is 5. The quantitative estimate of drug-likeness (QED) is 0.0640. The van der Waals surface area contributed by atoms with Gasteiger partial charge in [0.15, 0.2) is 12.3 Å². The normalized spacial score (nSPS) is 17.2. The summed E-state index contributed by atoms with van der Waals surface area (Å²) in [4.78, 5) is 24.8. The number of hydrogen-bond donors (Lipinski definition) is 1. The van der Waals surface area contributed by atoms with Crippen LogP contribution in [0.2, 0.25) is 0 Å². The van der Waals surface area contributed by atoms with Crippen molar-refractivity contribution in [1.29, 1.82) is 5.26 Å². The third-order valence-corrected chi connectivity index (χ3v) is 9.53. The molecule has 1 N–H and O–H groups in total. The molecule has 0 atom stereocenters. The van der Waals surface area contributed by atoms with E-state index in [2.05, 4.69) is 97.9 Å². The number of allylic oxidation sites excluding steroid dienone is 6. The van der Waals surface area contributed by atoms with Gasteiger partial charge in [-0.2, -0.15) is 9.84 Å². The number of carboxylic acid groups (broad SMARTS) is 1. The lowest BCUT2D eigenvalue weighted by Gasteiger charge is -2.26. The smallest absolute Gasteiger partial charge is 0.309 e. The second kappa shape index (κ2) is 12.4. The van der Waals surface area contributed by atoms with Crippen LogP contribution in [0.3, 0.4) is 0 Å². The van der Waals surface area contributed by atoms with Crippen LogP contribution < -0.4 is 4.90 Å². The molecule has 0 unspecified atom stereocenters. The van der Waals surface area contributed by atoms with Crippen molar-refractivity contribution in [3.05, 3.63) is 119 Å². The topological polar surface area (TPSA) is 93.6 Å². The Labute approximate surface area is 275 Å². The molecule has 4 aromatic carbocycles. The maximum absolute atomic E-state index is 11.8. The van der Waals surface area contributed by atoms with Crippen LogP contribution in [-0.2, 0) is 25.2 Å². The van der Waals surface area contributed by atoms with Crippen molar-refractivity contribution in [3.63, 3.8) is 0 Å². The number of rotatable bonds is 10. The van der Waals surface area contributed by atoms with Gasteiger partial charge in [-0.05, 0) is 65.9 Å². The van der Waals surface area contributed by atoms with Gasteiger partial charge in [0.2, 0.25) is 5.69 Å². The van der Waals surface area contributed by atoms with Crippen molar-refractivity contribution in [3.8, 4) is 6.07 Å². The molecule has 2 aliphatic heterocycles. The summed E-state index contributed by atoms with van der Waals surface area (Å²) in [6.45, 7) is 10.2. The van der Waals surface area contributed by atoms with E-state index in [0.717, 1.165) is 39.1 Å². The third-order valence-electron chi connectivity index (χ3n) is 9.53. The SMILES string of the molecule is CC1(C)C(/C=C/C=C/C=C2\N(CCOC=O)c3ccc(C#N)cc3C2(C)C)=[N+](CCC(=O)O)c2c1c1ccccc1c1ccccc21. The number of fused-ring (bicyclic) bond motifs is 7. The molecule has 0 amide bonds. The van der Waals surface area contributed by atoms with Crippen LogP contribution in [-0.4, -0.2) is 47.5 Å². The fourth-order valence-electron chi connectivity index (χ4n) is 7.40. The van der Waals surface area contributed by atoms with Crippen LogP contribution in [0.5, 0.6) is 0 Å². The molecule has 0 saturated carbocycles. The zero-order valence-corrected chi connectivity index (χ0v) is 27.2. The maximum atomic E-state index is 11.8. The molecule has 47 heavy (non-hydrogen) atoms. The molecule has 2 heterocycles. The summed E-state index contributed by atoms with van der Waals surface area (Å²) in [5, 5.41) is 23.8. The molecule has 0 aliphatic carbocycles. The van der Waals surface area contributed by atoms with E-state index in [4.69, 9.17) is 4.74 Å². The number of aliphatic carboxylic acids is 1. The van der Waals surface area contributed by atoms with Gasteiger partial charge in [-0.1, -0.05) is 74.5 Å². The number of ether oxygens (including phenoxy) is 1. The summed E-state index contributed by atoms with van der Waals surface area (Å²) in [7, 11) is 0. The second-order valence-electron chi connectivity index (χ2n) is 13.0. The highest BCUT2D eigenvalue weighted by atomic mass is 16.5. The van der Waals surface area contributed by atoms with Crippen molar-refractivity contribution in [1.82, 2.24) is 0 Å². The molecular formula is C40H38N3O4+. The Hall–Kier alpha value is -5.48. The molecule has 0 fully saturated rings. The molecule has 0 bridgehead atoms. The fourth-order valence-corrected chi connectivity index (χ4v) is 7.40. The third kappa shape index (κ3) is 5.40. The van der Waals surface area contributed by atoms with Gasteiger partial charge in [0.05, 0.1) is 29.0 Å². The highest BCUT2D eigenvalue weighted by Gasteiger charge is 2.47. The first kappa shape index (κ1) is 31.5. The molecule has 0 radical (unpaired) electrons. The van der Waals surface area contributed by atoms with E-state index in [0.29, 0.717) is 25.1 Å².